The molecule has 176 valence electrons. The zero-order chi connectivity index (χ0) is 23.9. The van der Waals surface area contributed by atoms with Crippen LogP contribution < -0.4 is 21.9 Å². The molecule has 9 nitrogen and oxygen atoms in total. The minimum atomic E-state index is -0.546. The van der Waals surface area contributed by atoms with Gasteiger partial charge < -0.3 is 15.2 Å². The van der Waals surface area contributed by atoms with Gasteiger partial charge in [-0.2, -0.15) is 4.98 Å². The first-order valence-corrected chi connectivity index (χ1v) is 11.3. The van der Waals surface area contributed by atoms with Crippen molar-refractivity contribution in [2.24, 2.45) is 0 Å². The molecule has 4 aromatic rings. The second-order valence-electron chi connectivity index (χ2n) is 8.11. The lowest BCUT2D eigenvalue weighted by Gasteiger charge is -2.25. The average Bonchev–Trinajstić information content (AvgIpc) is 3.26. The molecule has 0 unspecified atom stereocenters. The summed E-state index contributed by atoms with van der Waals surface area (Å²) in [5, 5.41) is 4.10. The van der Waals surface area contributed by atoms with Crippen LogP contribution in [0.25, 0.3) is 0 Å². The molecule has 0 atom stereocenters. The molecule has 3 N–H and O–H groups in total. The highest BCUT2D eigenvalue weighted by Gasteiger charge is 2.22. The van der Waals surface area contributed by atoms with E-state index >= 15 is 0 Å². The molecule has 9 heteroatoms. The van der Waals surface area contributed by atoms with Crippen LogP contribution in [0.15, 0.2) is 74.8 Å². The Labute approximate surface area is 196 Å². The van der Waals surface area contributed by atoms with Gasteiger partial charge in [0, 0.05) is 19.5 Å². The van der Waals surface area contributed by atoms with Crippen molar-refractivity contribution < 1.29 is 4.52 Å². The number of H-pyrrole nitrogens is 1. The van der Waals surface area contributed by atoms with Crippen molar-refractivity contribution in [3.05, 3.63) is 104 Å². The molecule has 0 aliphatic rings. The van der Waals surface area contributed by atoms with Gasteiger partial charge in [-0.1, -0.05) is 79.2 Å². The fraction of sp³-hybridized carbons (Fsp3) is 0.280. The number of hydrogen-bond donors (Lipinski definition) is 2. The van der Waals surface area contributed by atoms with Gasteiger partial charge in [0.25, 0.3) is 5.56 Å². The Morgan fingerprint density at radius 2 is 1.68 bits per heavy atom. The lowest BCUT2D eigenvalue weighted by Crippen LogP contribution is -2.38. The Morgan fingerprint density at radius 3 is 2.35 bits per heavy atom. The van der Waals surface area contributed by atoms with Gasteiger partial charge in [0.1, 0.15) is 11.5 Å². The fourth-order valence-electron chi connectivity index (χ4n) is 3.81. The molecule has 0 saturated heterocycles. The second kappa shape index (κ2) is 10.7. The number of unbranched alkanes of at least 4 members (excludes halogenated alkanes) is 1. The minimum absolute atomic E-state index is 0.127. The van der Waals surface area contributed by atoms with Gasteiger partial charge in [-0.25, -0.2) is 4.79 Å². The van der Waals surface area contributed by atoms with Crippen LogP contribution in [0.2, 0.25) is 0 Å². The van der Waals surface area contributed by atoms with Gasteiger partial charge in [-0.3, -0.25) is 14.3 Å². The molecule has 2 aromatic carbocycles. The number of aromatic amines is 1. The van der Waals surface area contributed by atoms with E-state index in [-0.39, 0.29) is 18.1 Å². The van der Waals surface area contributed by atoms with Crippen LogP contribution >= 0.6 is 0 Å². The molecule has 34 heavy (non-hydrogen) atoms. The molecule has 0 saturated carbocycles. The van der Waals surface area contributed by atoms with Gasteiger partial charge in [0.15, 0.2) is 5.82 Å². The van der Waals surface area contributed by atoms with E-state index in [1.165, 1.54) is 4.57 Å². The molecule has 4 rings (SSSR count). The van der Waals surface area contributed by atoms with E-state index < -0.39 is 11.2 Å². The number of nitrogens with one attached hydrogen (secondary N) is 1. The third kappa shape index (κ3) is 5.43. The molecular weight excluding hydrogens is 432 g/mol. The molecule has 0 spiro atoms. The number of hydrogen-bond acceptors (Lipinski definition) is 7. The van der Waals surface area contributed by atoms with Crippen LogP contribution in [0.1, 0.15) is 42.6 Å². The Kier molecular flexibility index (Phi) is 7.22. The molecule has 2 aromatic heterocycles. The summed E-state index contributed by atoms with van der Waals surface area (Å²) in [7, 11) is 0. The van der Waals surface area contributed by atoms with E-state index in [2.05, 4.69) is 15.1 Å². The second-order valence-corrected chi connectivity index (χ2v) is 8.11. The van der Waals surface area contributed by atoms with E-state index in [0.717, 1.165) is 24.0 Å². The Hall–Kier alpha value is -4.14. The number of anilines is 2. The zero-order valence-electron chi connectivity index (χ0n) is 19.1. The summed E-state index contributed by atoms with van der Waals surface area (Å²) in [5.41, 5.74) is 7.57. The zero-order valence-corrected chi connectivity index (χ0v) is 19.1. The van der Waals surface area contributed by atoms with E-state index in [9.17, 15) is 9.59 Å². The summed E-state index contributed by atoms with van der Waals surface area (Å²) in [4.78, 5) is 34.0. The topological polar surface area (TPSA) is 123 Å². The standard InChI is InChI=1S/C25H28N6O3/c1-2-3-14-31-23(26)22(24(32)28-25(31)33)30(16-19-12-8-5-9-13-19)17-21-27-20(29-34-21)15-18-10-6-4-7-11-18/h4-13H,2-3,14-17,26H2,1H3,(H,28,32,33). The summed E-state index contributed by atoms with van der Waals surface area (Å²) >= 11 is 0. The number of benzene rings is 2. The van der Waals surface area contributed by atoms with Crippen LogP contribution in [0.5, 0.6) is 0 Å². The molecule has 0 bridgehead atoms. The molecule has 0 aliphatic heterocycles. The van der Waals surface area contributed by atoms with Crippen molar-refractivity contribution in [2.45, 2.75) is 45.8 Å². The smallest absolute Gasteiger partial charge is 0.330 e. The third-order valence-electron chi connectivity index (χ3n) is 5.52. The normalized spacial score (nSPS) is 11.0. The predicted octanol–water partition coefficient (Wildman–Crippen LogP) is 3.10. The molecule has 0 fully saturated rings. The monoisotopic (exact) mass is 460 g/mol. The van der Waals surface area contributed by atoms with Crippen molar-refractivity contribution in [1.29, 1.82) is 0 Å². The highest BCUT2D eigenvalue weighted by Crippen LogP contribution is 2.22. The first kappa shape index (κ1) is 23.0. The summed E-state index contributed by atoms with van der Waals surface area (Å²) < 4.78 is 6.91. The summed E-state index contributed by atoms with van der Waals surface area (Å²) in [6.07, 6.45) is 2.19. The molecule has 2 heterocycles. The number of nitrogens with two attached hydrogens (primary N) is 1. The molecule has 0 amide bonds. The molecular formula is C25H28N6O3. The Morgan fingerprint density at radius 1 is 1.00 bits per heavy atom. The largest absolute Gasteiger partial charge is 0.383 e. The highest BCUT2D eigenvalue weighted by molar-refractivity contribution is 5.62. The van der Waals surface area contributed by atoms with Gasteiger partial charge in [0.05, 0.1) is 6.54 Å². The SMILES string of the molecule is CCCCn1c(N)c(N(Cc2ccccc2)Cc2nc(Cc3ccccc3)no2)c(=O)[nH]c1=O. The predicted molar refractivity (Wildman–Crippen MR) is 131 cm³/mol. The molecule has 0 radical (unpaired) electrons. The van der Waals surface area contributed by atoms with Crippen molar-refractivity contribution in [3.63, 3.8) is 0 Å². The first-order chi connectivity index (χ1) is 16.5. The number of rotatable bonds is 10. The van der Waals surface area contributed by atoms with Crippen molar-refractivity contribution >= 4 is 11.5 Å². The Bertz CT molecular complexity index is 1330. The van der Waals surface area contributed by atoms with Crippen LogP contribution in [0.3, 0.4) is 0 Å². The van der Waals surface area contributed by atoms with Crippen LogP contribution in [0, 0.1) is 0 Å². The third-order valence-corrected chi connectivity index (χ3v) is 5.52. The maximum atomic E-state index is 12.9. The maximum absolute atomic E-state index is 12.9. The summed E-state index contributed by atoms with van der Waals surface area (Å²) in [6.45, 7) is 2.98. The van der Waals surface area contributed by atoms with Crippen molar-refractivity contribution in [1.82, 2.24) is 19.7 Å². The van der Waals surface area contributed by atoms with Crippen LogP contribution in [-0.4, -0.2) is 19.7 Å². The van der Waals surface area contributed by atoms with Crippen molar-refractivity contribution in [2.75, 3.05) is 10.6 Å². The highest BCUT2D eigenvalue weighted by atomic mass is 16.5. The first-order valence-electron chi connectivity index (χ1n) is 11.3. The van der Waals surface area contributed by atoms with E-state index in [1.54, 1.807) is 4.90 Å². The van der Waals surface area contributed by atoms with Crippen LogP contribution in [-0.2, 0) is 26.1 Å². The maximum Gasteiger partial charge on any atom is 0.330 e. The quantitative estimate of drug-likeness (QED) is 0.373. The lowest BCUT2D eigenvalue weighted by molar-refractivity contribution is 0.371. The number of nitrogens with zero attached hydrogens (tertiary/aromatic N) is 4. The Balaban J connectivity index is 1.67. The lowest BCUT2D eigenvalue weighted by atomic mass is 10.1. The van der Waals surface area contributed by atoms with Gasteiger partial charge in [0.2, 0.25) is 5.89 Å². The molecule has 0 aliphatic carbocycles. The van der Waals surface area contributed by atoms with Crippen molar-refractivity contribution in [3.8, 4) is 0 Å². The van der Waals surface area contributed by atoms with Crippen LogP contribution in [0.4, 0.5) is 11.5 Å². The van der Waals surface area contributed by atoms with E-state index in [0.29, 0.717) is 31.2 Å². The van der Waals surface area contributed by atoms with Gasteiger partial charge >= 0.3 is 5.69 Å². The average molecular weight is 461 g/mol. The van der Waals surface area contributed by atoms with E-state index in [4.69, 9.17) is 10.3 Å². The summed E-state index contributed by atoms with van der Waals surface area (Å²) in [5.74, 6) is 1.03. The van der Waals surface area contributed by atoms with Gasteiger partial charge in [-0.05, 0) is 17.5 Å². The minimum Gasteiger partial charge on any atom is -0.383 e. The fourth-order valence-corrected chi connectivity index (χ4v) is 3.81. The number of aromatic nitrogens is 4. The number of nitrogen functional groups attached to an aromatic ring is 1. The van der Waals surface area contributed by atoms with E-state index in [1.807, 2.05) is 67.6 Å². The summed E-state index contributed by atoms with van der Waals surface area (Å²) in [6, 6.07) is 19.6. The van der Waals surface area contributed by atoms with Gasteiger partial charge in [-0.15, -0.1) is 0 Å².